The summed E-state index contributed by atoms with van der Waals surface area (Å²) in [6.45, 7) is 2.01. The van der Waals surface area contributed by atoms with Crippen molar-refractivity contribution in [2.45, 2.75) is 38.1 Å². The molecule has 3 unspecified atom stereocenters. The molecular formula is C12H18N2O4. The molecule has 6 nitrogen and oxygen atoms in total. The Kier molecular flexibility index (Phi) is 3.14. The summed E-state index contributed by atoms with van der Waals surface area (Å²) in [5, 5.41) is 9.01. The van der Waals surface area contributed by atoms with Gasteiger partial charge in [-0.2, -0.15) is 0 Å². The predicted molar refractivity (Wildman–Crippen MR) is 62.4 cm³/mol. The van der Waals surface area contributed by atoms with Crippen molar-refractivity contribution in [3.8, 4) is 0 Å². The Morgan fingerprint density at radius 3 is 2.44 bits per heavy atom. The first-order chi connectivity index (χ1) is 8.40. The number of rotatable bonds is 6. The third kappa shape index (κ3) is 2.01. The van der Waals surface area contributed by atoms with Crippen molar-refractivity contribution in [3.05, 3.63) is 0 Å². The Hall–Kier alpha value is -1.43. The summed E-state index contributed by atoms with van der Waals surface area (Å²) in [5.41, 5.74) is 4.49. The number of carboxylic acids is 1. The number of aliphatic carboxylic acids is 1. The Bertz CT molecular complexity index is 389. The highest BCUT2D eigenvalue weighted by atomic mass is 16.4. The summed E-state index contributed by atoms with van der Waals surface area (Å²) in [6, 6.07) is 0. The summed E-state index contributed by atoms with van der Waals surface area (Å²) in [5.74, 6) is -1.41. The van der Waals surface area contributed by atoms with E-state index in [1.807, 2.05) is 0 Å². The zero-order valence-corrected chi connectivity index (χ0v) is 10.4. The summed E-state index contributed by atoms with van der Waals surface area (Å²) < 4.78 is 0. The Labute approximate surface area is 105 Å². The number of likely N-dealkylation sites (tertiary alicyclic amines) is 1. The fourth-order valence-electron chi connectivity index (χ4n) is 2.46. The second kappa shape index (κ2) is 4.35. The third-order valence-corrected chi connectivity index (χ3v) is 4.02. The van der Waals surface area contributed by atoms with Crippen molar-refractivity contribution < 1.29 is 19.5 Å². The molecule has 0 spiro atoms. The summed E-state index contributed by atoms with van der Waals surface area (Å²) in [7, 11) is 0. The normalized spacial score (nSPS) is 29.1. The Balaban J connectivity index is 1.84. The SMILES string of the molecule is CCC(N)(CCCN1C(=O)C2CC2C1=O)C(=O)O. The van der Waals surface area contributed by atoms with Gasteiger partial charge < -0.3 is 10.8 Å². The van der Waals surface area contributed by atoms with Crippen LogP contribution in [-0.2, 0) is 14.4 Å². The van der Waals surface area contributed by atoms with Crippen LogP contribution in [0.25, 0.3) is 0 Å². The first kappa shape index (κ1) is 13.0. The van der Waals surface area contributed by atoms with E-state index in [4.69, 9.17) is 10.8 Å². The summed E-state index contributed by atoms with van der Waals surface area (Å²) in [6.07, 6.45) is 1.73. The maximum Gasteiger partial charge on any atom is 0.323 e. The molecule has 2 amide bonds. The fourth-order valence-corrected chi connectivity index (χ4v) is 2.46. The van der Waals surface area contributed by atoms with E-state index in [2.05, 4.69) is 0 Å². The van der Waals surface area contributed by atoms with E-state index in [9.17, 15) is 14.4 Å². The number of carbonyl (C=O) groups excluding carboxylic acids is 2. The van der Waals surface area contributed by atoms with Gasteiger partial charge in [0, 0.05) is 6.54 Å². The molecule has 2 fully saturated rings. The van der Waals surface area contributed by atoms with Gasteiger partial charge in [0.25, 0.3) is 0 Å². The lowest BCUT2D eigenvalue weighted by molar-refractivity contribution is -0.143. The van der Waals surface area contributed by atoms with Gasteiger partial charge in [0.05, 0.1) is 11.8 Å². The maximum absolute atomic E-state index is 11.7. The number of carbonyl (C=O) groups is 3. The highest BCUT2D eigenvalue weighted by Crippen LogP contribution is 2.46. The van der Waals surface area contributed by atoms with Gasteiger partial charge in [-0.3, -0.25) is 19.3 Å². The van der Waals surface area contributed by atoms with Crippen LogP contribution in [0, 0.1) is 11.8 Å². The molecule has 1 saturated heterocycles. The lowest BCUT2D eigenvalue weighted by Gasteiger charge is -2.24. The summed E-state index contributed by atoms with van der Waals surface area (Å²) in [4.78, 5) is 35.6. The molecule has 3 atom stereocenters. The summed E-state index contributed by atoms with van der Waals surface area (Å²) >= 11 is 0. The molecule has 18 heavy (non-hydrogen) atoms. The molecule has 100 valence electrons. The molecule has 0 aromatic carbocycles. The molecule has 3 N–H and O–H groups in total. The van der Waals surface area contributed by atoms with Crippen LogP contribution < -0.4 is 5.73 Å². The van der Waals surface area contributed by atoms with Gasteiger partial charge in [0.1, 0.15) is 5.54 Å². The molecule has 0 radical (unpaired) electrons. The molecular weight excluding hydrogens is 236 g/mol. The standard InChI is InChI=1S/C12H18N2O4/c1-2-12(13,11(17)18)4-3-5-14-9(15)7-6-8(7)10(14)16/h7-8H,2-6,13H2,1H3,(H,17,18). The second-order valence-electron chi connectivity index (χ2n) is 5.20. The van der Waals surface area contributed by atoms with Crippen LogP contribution in [0.4, 0.5) is 0 Å². The number of nitrogens with two attached hydrogens (primary N) is 1. The molecule has 0 bridgehead atoms. The van der Waals surface area contributed by atoms with E-state index < -0.39 is 11.5 Å². The molecule has 1 saturated carbocycles. The van der Waals surface area contributed by atoms with E-state index in [1.165, 1.54) is 4.90 Å². The smallest absolute Gasteiger partial charge is 0.323 e. The van der Waals surface area contributed by atoms with Crippen LogP contribution >= 0.6 is 0 Å². The highest BCUT2D eigenvalue weighted by Gasteiger charge is 2.58. The molecule has 2 rings (SSSR count). The van der Waals surface area contributed by atoms with Crippen LogP contribution in [0.15, 0.2) is 0 Å². The molecule has 0 aromatic rings. The van der Waals surface area contributed by atoms with Crippen molar-refractivity contribution in [2.75, 3.05) is 6.54 Å². The van der Waals surface area contributed by atoms with Gasteiger partial charge in [-0.1, -0.05) is 6.92 Å². The van der Waals surface area contributed by atoms with Gasteiger partial charge in [-0.25, -0.2) is 0 Å². The molecule has 0 aromatic heterocycles. The zero-order valence-electron chi connectivity index (χ0n) is 10.4. The molecule has 1 aliphatic carbocycles. The second-order valence-corrected chi connectivity index (χ2v) is 5.20. The number of nitrogens with zero attached hydrogens (tertiary/aromatic N) is 1. The van der Waals surface area contributed by atoms with Crippen molar-refractivity contribution in [1.29, 1.82) is 0 Å². The van der Waals surface area contributed by atoms with Crippen LogP contribution in [0.5, 0.6) is 0 Å². The number of imide groups is 1. The minimum absolute atomic E-state index is 0.0919. The van der Waals surface area contributed by atoms with Crippen LogP contribution in [0.3, 0.4) is 0 Å². The van der Waals surface area contributed by atoms with E-state index in [0.717, 1.165) is 0 Å². The zero-order chi connectivity index (χ0) is 13.5. The number of fused-ring (bicyclic) bond motifs is 1. The van der Waals surface area contributed by atoms with Crippen molar-refractivity contribution in [1.82, 2.24) is 4.90 Å². The average molecular weight is 254 g/mol. The topological polar surface area (TPSA) is 101 Å². The van der Waals surface area contributed by atoms with Crippen molar-refractivity contribution in [3.63, 3.8) is 0 Å². The number of carboxylic acid groups (broad SMARTS) is 1. The van der Waals surface area contributed by atoms with Gasteiger partial charge in [0.15, 0.2) is 0 Å². The van der Waals surface area contributed by atoms with Crippen molar-refractivity contribution >= 4 is 17.8 Å². The predicted octanol–water partition coefficient (Wildman–Crippen LogP) is -0.0364. The number of hydrogen-bond acceptors (Lipinski definition) is 4. The maximum atomic E-state index is 11.7. The molecule has 2 aliphatic rings. The van der Waals surface area contributed by atoms with E-state index >= 15 is 0 Å². The minimum Gasteiger partial charge on any atom is -0.480 e. The van der Waals surface area contributed by atoms with Gasteiger partial charge in [-0.15, -0.1) is 0 Å². The van der Waals surface area contributed by atoms with Gasteiger partial charge in [0.2, 0.25) is 11.8 Å². The highest BCUT2D eigenvalue weighted by molar-refractivity contribution is 6.08. The molecule has 6 heteroatoms. The fraction of sp³-hybridized carbons (Fsp3) is 0.750. The van der Waals surface area contributed by atoms with Crippen molar-refractivity contribution in [2.24, 2.45) is 17.6 Å². The first-order valence-electron chi connectivity index (χ1n) is 6.28. The average Bonchev–Trinajstić information content (AvgIpc) is 3.08. The number of piperidine rings is 1. The van der Waals surface area contributed by atoms with Crippen LogP contribution in [-0.4, -0.2) is 39.9 Å². The van der Waals surface area contributed by atoms with E-state index in [-0.39, 0.29) is 36.6 Å². The van der Waals surface area contributed by atoms with Gasteiger partial charge in [-0.05, 0) is 25.7 Å². The quantitative estimate of drug-likeness (QED) is 0.648. The van der Waals surface area contributed by atoms with Crippen LogP contribution in [0.2, 0.25) is 0 Å². The monoisotopic (exact) mass is 254 g/mol. The lowest BCUT2D eigenvalue weighted by atomic mass is 9.92. The Morgan fingerprint density at radius 2 is 2.00 bits per heavy atom. The number of hydrogen-bond donors (Lipinski definition) is 2. The van der Waals surface area contributed by atoms with Gasteiger partial charge >= 0.3 is 5.97 Å². The minimum atomic E-state index is -1.26. The molecule has 1 aliphatic heterocycles. The lowest BCUT2D eigenvalue weighted by Crippen LogP contribution is -2.48. The Morgan fingerprint density at radius 1 is 1.44 bits per heavy atom. The third-order valence-electron chi connectivity index (χ3n) is 4.02. The van der Waals surface area contributed by atoms with Crippen LogP contribution in [0.1, 0.15) is 32.6 Å². The molecule has 1 heterocycles. The largest absolute Gasteiger partial charge is 0.480 e. The first-order valence-corrected chi connectivity index (χ1v) is 6.28. The van der Waals surface area contributed by atoms with E-state index in [0.29, 0.717) is 19.3 Å². The van der Waals surface area contributed by atoms with E-state index in [1.54, 1.807) is 6.92 Å². The number of amides is 2.